The van der Waals surface area contributed by atoms with Gasteiger partial charge in [-0.2, -0.15) is 8.78 Å². The largest absolute Gasteiger partial charge is 0.329 e. The zero-order valence-electron chi connectivity index (χ0n) is 11.8. The van der Waals surface area contributed by atoms with Gasteiger partial charge in [-0.25, -0.2) is 4.98 Å². The van der Waals surface area contributed by atoms with Gasteiger partial charge in [0.15, 0.2) is 0 Å². The number of halogens is 2. The molecule has 1 heterocycles. The lowest BCUT2D eigenvalue weighted by Crippen LogP contribution is -2.32. The van der Waals surface area contributed by atoms with Crippen molar-refractivity contribution in [1.82, 2.24) is 14.5 Å². The zero-order valence-corrected chi connectivity index (χ0v) is 11.8. The molecule has 0 spiro atoms. The fourth-order valence-corrected chi connectivity index (χ4v) is 2.23. The van der Waals surface area contributed by atoms with Crippen LogP contribution < -0.4 is 5.73 Å². The Morgan fingerprint density at radius 1 is 1.19 bits per heavy atom. The van der Waals surface area contributed by atoms with Crippen LogP contribution in [0, 0.1) is 0 Å². The normalized spacial score (nSPS) is 11.5. The van der Waals surface area contributed by atoms with Crippen LogP contribution in [0.1, 0.15) is 17.9 Å². The number of aromatic nitrogens is 2. The molecular weight excluding hydrogens is 274 g/mol. The lowest BCUT2D eigenvalue weighted by molar-refractivity contribution is 0.0640. The fourth-order valence-electron chi connectivity index (χ4n) is 2.23. The smallest absolute Gasteiger partial charge is 0.319 e. The molecule has 1 aromatic carbocycles. The van der Waals surface area contributed by atoms with Crippen molar-refractivity contribution in [3.63, 3.8) is 0 Å². The van der Waals surface area contributed by atoms with Crippen LogP contribution in [0.25, 0.3) is 0 Å². The van der Waals surface area contributed by atoms with Crippen LogP contribution in [-0.2, 0) is 13.0 Å². The van der Waals surface area contributed by atoms with Crippen LogP contribution in [0.4, 0.5) is 8.78 Å². The Morgan fingerprint density at radius 2 is 1.95 bits per heavy atom. The van der Waals surface area contributed by atoms with E-state index in [1.165, 1.54) is 18.0 Å². The highest BCUT2D eigenvalue weighted by molar-refractivity contribution is 5.14. The molecule has 6 heteroatoms. The molecule has 0 aliphatic rings. The van der Waals surface area contributed by atoms with Crippen molar-refractivity contribution in [2.45, 2.75) is 19.5 Å². The van der Waals surface area contributed by atoms with Gasteiger partial charge in [0.1, 0.15) is 5.82 Å². The Labute approximate surface area is 123 Å². The average molecular weight is 294 g/mol. The number of benzene rings is 1. The van der Waals surface area contributed by atoms with E-state index in [-0.39, 0.29) is 0 Å². The molecule has 0 aliphatic carbocycles. The Kier molecular flexibility index (Phi) is 5.83. The first-order chi connectivity index (χ1) is 10.2. The summed E-state index contributed by atoms with van der Waals surface area (Å²) in [5.74, 6) is 0.367. The van der Waals surface area contributed by atoms with Crippen LogP contribution in [-0.4, -0.2) is 34.1 Å². The summed E-state index contributed by atoms with van der Waals surface area (Å²) in [5, 5.41) is 0. The van der Waals surface area contributed by atoms with Crippen molar-refractivity contribution in [2.75, 3.05) is 19.6 Å². The molecule has 1 aromatic heterocycles. The van der Waals surface area contributed by atoms with E-state index in [0.29, 0.717) is 25.5 Å². The second-order valence-electron chi connectivity index (χ2n) is 4.83. The predicted molar refractivity (Wildman–Crippen MR) is 78.0 cm³/mol. The fraction of sp³-hybridized carbons (Fsp3) is 0.400. The van der Waals surface area contributed by atoms with E-state index in [1.54, 1.807) is 0 Å². The van der Waals surface area contributed by atoms with E-state index >= 15 is 0 Å². The van der Waals surface area contributed by atoms with Gasteiger partial charge in [0.25, 0.3) is 0 Å². The number of imidazole rings is 1. The third-order valence-corrected chi connectivity index (χ3v) is 3.33. The SMILES string of the molecule is NCCN(CCc1ccccc1)Cc1nccn1C(F)F. The van der Waals surface area contributed by atoms with Crippen molar-refractivity contribution in [3.8, 4) is 0 Å². The highest BCUT2D eigenvalue weighted by atomic mass is 19.3. The first kappa shape index (κ1) is 15.6. The van der Waals surface area contributed by atoms with Gasteiger partial charge < -0.3 is 5.73 Å². The van der Waals surface area contributed by atoms with E-state index in [4.69, 9.17) is 5.73 Å². The summed E-state index contributed by atoms with van der Waals surface area (Å²) >= 11 is 0. The number of rotatable bonds is 8. The number of nitrogens with two attached hydrogens (primary N) is 1. The van der Waals surface area contributed by atoms with Gasteiger partial charge in [0.2, 0.25) is 0 Å². The molecule has 0 radical (unpaired) electrons. The Morgan fingerprint density at radius 3 is 2.62 bits per heavy atom. The minimum absolute atomic E-state index is 0.367. The van der Waals surface area contributed by atoms with Crippen molar-refractivity contribution in [3.05, 3.63) is 54.1 Å². The summed E-state index contributed by atoms with van der Waals surface area (Å²) in [6.07, 6.45) is 3.56. The highest BCUT2D eigenvalue weighted by Gasteiger charge is 2.14. The summed E-state index contributed by atoms with van der Waals surface area (Å²) in [6.45, 7) is -0.275. The molecule has 0 bridgehead atoms. The maximum atomic E-state index is 12.8. The summed E-state index contributed by atoms with van der Waals surface area (Å²) in [5.41, 5.74) is 6.83. The number of hydrogen-bond donors (Lipinski definition) is 1. The predicted octanol–water partition coefficient (Wildman–Crippen LogP) is 2.28. The first-order valence-electron chi connectivity index (χ1n) is 6.97. The Hall–Kier alpha value is -1.79. The van der Waals surface area contributed by atoms with Crippen molar-refractivity contribution >= 4 is 0 Å². The van der Waals surface area contributed by atoms with Crippen LogP contribution in [0.2, 0.25) is 0 Å². The monoisotopic (exact) mass is 294 g/mol. The Bertz CT molecular complexity index is 527. The molecule has 114 valence electrons. The van der Waals surface area contributed by atoms with E-state index < -0.39 is 6.55 Å². The lowest BCUT2D eigenvalue weighted by Gasteiger charge is -2.21. The molecule has 4 nitrogen and oxygen atoms in total. The van der Waals surface area contributed by atoms with E-state index in [9.17, 15) is 8.78 Å². The summed E-state index contributed by atoms with van der Waals surface area (Å²) in [6, 6.07) is 10.1. The minimum Gasteiger partial charge on any atom is -0.329 e. The quantitative estimate of drug-likeness (QED) is 0.812. The number of alkyl halides is 2. The molecule has 2 aromatic rings. The topological polar surface area (TPSA) is 47.1 Å². The average Bonchev–Trinajstić information content (AvgIpc) is 2.94. The highest BCUT2D eigenvalue weighted by Crippen LogP contribution is 2.14. The van der Waals surface area contributed by atoms with Crippen LogP contribution >= 0.6 is 0 Å². The van der Waals surface area contributed by atoms with Gasteiger partial charge in [-0.1, -0.05) is 30.3 Å². The zero-order chi connectivity index (χ0) is 15.1. The van der Waals surface area contributed by atoms with Gasteiger partial charge >= 0.3 is 6.55 Å². The molecule has 0 saturated carbocycles. The van der Waals surface area contributed by atoms with E-state index in [2.05, 4.69) is 17.1 Å². The van der Waals surface area contributed by atoms with Crippen LogP contribution in [0.5, 0.6) is 0 Å². The maximum absolute atomic E-state index is 12.8. The van der Waals surface area contributed by atoms with Crippen molar-refractivity contribution in [2.24, 2.45) is 5.73 Å². The molecule has 0 amide bonds. The molecule has 0 unspecified atom stereocenters. The van der Waals surface area contributed by atoms with Crippen molar-refractivity contribution in [1.29, 1.82) is 0 Å². The van der Waals surface area contributed by atoms with E-state index in [1.807, 2.05) is 23.1 Å². The molecule has 0 aliphatic heterocycles. The maximum Gasteiger partial charge on any atom is 0.319 e. The number of nitrogens with zero attached hydrogens (tertiary/aromatic N) is 3. The minimum atomic E-state index is -2.56. The second-order valence-corrected chi connectivity index (χ2v) is 4.83. The van der Waals surface area contributed by atoms with Crippen molar-refractivity contribution < 1.29 is 8.78 Å². The molecule has 0 fully saturated rings. The summed E-state index contributed by atoms with van der Waals surface area (Å²) in [7, 11) is 0. The third-order valence-electron chi connectivity index (χ3n) is 3.33. The standard InChI is InChI=1S/C15H20F2N4/c16-15(17)21-11-8-19-14(21)12-20(10-7-18)9-6-13-4-2-1-3-5-13/h1-5,8,11,15H,6-7,9-10,12,18H2. The van der Waals surface area contributed by atoms with Crippen LogP contribution in [0.15, 0.2) is 42.7 Å². The van der Waals surface area contributed by atoms with Gasteiger partial charge in [-0.05, 0) is 12.0 Å². The van der Waals surface area contributed by atoms with E-state index in [0.717, 1.165) is 17.5 Å². The van der Waals surface area contributed by atoms with Gasteiger partial charge in [-0.15, -0.1) is 0 Å². The lowest BCUT2D eigenvalue weighted by atomic mass is 10.1. The summed E-state index contributed by atoms with van der Waals surface area (Å²) in [4.78, 5) is 6.06. The number of hydrogen-bond acceptors (Lipinski definition) is 3. The molecular formula is C15H20F2N4. The molecule has 0 saturated heterocycles. The second kappa shape index (κ2) is 7.85. The van der Waals surface area contributed by atoms with Gasteiger partial charge in [-0.3, -0.25) is 9.47 Å². The first-order valence-corrected chi connectivity index (χ1v) is 6.97. The van der Waals surface area contributed by atoms with Crippen LogP contribution in [0.3, 0.4) is 0 Å². The Balaban J connectivity index is 1.97. The summed E-state index contributed by atoms with van der Waals surface area (Å²) < 4.78 is 26.6. The molecule has 2 N–H and O–H groups in total. The van der Waals surface area contributed by atoms with Gasteiger partial charge in [0, 0.05) is 32.0 Å². The third kappa shape index (κ3) is 4.61. The molecule has 21 heavy (non-hydrogen) atoms. The molecule has 2 rings (SSSR count). The molecule has 0 atom stereocenters. The van der Waals surface area contributed by atoms with Gasteiger partial charge in [0.05, 0.1) is 6.54 Å².